The number of amides is 1. The van der Waals surface area contributed by atoms with E-state index in [1.165, 1.54) is 28.6 Å². The number of morpholine rings is 1. The Hall–Kier alpha value is -1.97. The van der Waals surface area contributed by atoms with Crippen LogP contribution in [0.1, 0.15) is 11.1 Å². The molecule has 7 nitrogen and oxygen atoms in total. The molecule has 1 saturated heterocycles. The fourth-order valence-corrected chi connectivity index (χ4v) is 4.78. The Balaban J connectivity index is 1.69. The molecule has 0 radical (unpaired) electrons. The molecule has 168 valence electrons. The summed E-state index contributed by atoms with van der Waals surface area (Å²) in [4.78, 5) is 14.9. The molecule has 1 fully saturated rings. The van der Waals surface area contributed by atoms with Crippen LogP contribution in [0, 0.1) is 6.92 Å². The summed E-state index contributed by atoms with van der Waals surface area (Å²) in [6.45, 7) is 6.02. The molecule has 1 heterocycles. The van der Waals surface area contributed by atoms with Crippen molar-refractivity contribution in [2.24, 2.45) is 0 Å². The molecule has 1 N–H and O–H groups in total. The lowest BCUT2D eigenvalue weighted by Gasteiger charge is -2.27. The summed E-state index contributed by atoms with van der Waals surface area (Å²) in [5.74, 6) is -0.335. The molecule has 9 heteroatoms. The summed E-state index contributed by atoms with van der Waals surface area (Å²) in [5, 5.41) is 3.29. The minimum absolute atomic E-state index is 0.0993. The van der Waals surface area contributed by atoms with E-state index < -0.39 is 10.0 Å². The lowest BCUT2D eigenvalue weighted by molar-refractivity contribution is -0.121. The van der Waals surface area contributed by atoms with Gasteiger partial charge in [-0.25, -0.2) is 8.42 Å². The molecule has 0 spiro atoms. The molecule has 0 saturated carbocycles. The van der Waals surface area contributed by atoms with Crippen LogP contribution in [0.4, 0.5) is 0 Å². The van der Waals surface area contributed by atoms with E-state index in [4.69, 9.17) is 16.3 Å². The number of rotatable bonds is 9. The van der Waals surface area contributed by atoms with Gasteiger partial charge < -0.3 is 10.1 Å². The number of hydrogen-bond acceptors (Lipinski definition) is 5. The van der Waals surface area contributed by atoms with Crippen LogP contribution in [0.25, 0.3) is 0 Å². The summed E-state index contributed by atoms with van der Waals surface area (Å²) < 4.78 is 33.0. The first-order chi connectivity index (χ1) is 14.8. The highest BCUT2D eigenvalue weighted by Gasteiger charge is 2.27. The third-order valence-corrected chi connectivity index (χ3v) is 7.16. The first-order valence-electron chi connectivity index (χ1n) is 10.2. The average Bonchev–Trinajstić information content (AvgIpc) is 2.76. The highest BCUT2D eigenvalue weighted by molar-refractivity contribution is 7.89. The van der Waals surface area contributed by atoms with Gasteiger partial charge in [0.2, 0.25) is 15.9 Å². The van der Waals surface area contributed by atoms with E-state index in [2.05, 4.69) is 10.2 Å². The smallest absolute Gasteiger partial charge is 0.243 e. The van der Waals surface area contributed by atoms with Gasteiger partial charge >= 0.3 is 0 Å². The third-order valence-electron chi connectivity index (χ3n) is 5.10. The Morgan fingerprint density at radius 3 is 2.39 bits per heavy atom. The lowest BCUT2D eigenvalue weighted by Crippen LogP contribution is -2.44. The van der Waals surface area contributed by atoms with Crippen molar-refractivity contribution >= 4 is 27.5 Å². The van der Waals surface area contributed by atoms with Crippen molar-refractivity contribution in [1.29, 1.82) is 0 Å². The predicted octanol–water partition coefficient (Wildman–Crippen LogP) is 2.29. The maximum atomic E-state index is 13.3. The van der Waals surface area contributed by atoms with Crippen LogP contribution in [0.15, 0.2) is 53.4 Å². The number of aryl methyl sites for hydroxylation is 1. The van der Waals surface area contributed by atoms with Crippen LogP contribution in [-0.2, 0) is 26.1 Å². The van der Waals surface area contributed by atoms with Gasteiger partial charge in [-0.3, -0.25) is 9.69 Å². The molecular weight excluding hydrogens is 438 g/mol. The molecule has 1 aliphatic rings. The van der Waals surface area contributed by atoms with E-state index in [0.29, 0.717) is 31.3 Å². The SMILES string of the molecule is Cc1ccc(CN(CC(=O)NCCN2CCOCC2)S(=O)(=O)c2ccc(Cl)cc2)cc1. The molecule has 0 unspecified atom stereocenters. The zero-order chi connectivity index (χ0) is 22.3. The molecule has 0 bridgehead atoms. The van der Waals surface area contributed by atoms with Crippen molar-refractivity contribution in [3.63, 3.8) is 0 Å². The van der Waals surface area contributed by atoms with Crippen molar-refractivity contribution < 1.29 is 17.9 Å². The first kappa shape index (κ1) is 23.7. The molecule has 31 heavy (non-hydrogen) atoms. The highest BCUT2D eigenvalue weighted by atomic mass is 35.5. The predicted molar refractivity (Wildman–Crippen MR) is 120 cm³/mol. The van der Waals surface area contributed by atoms with Crippen molar-refractivity contribution in [3.8, 4) is 0 Å². The van der Waals surface area contributed by atoms with Crippen LogP contribution in [0.5, 0.6) is 0 Å². The molecule has 2 aromatic rings. The zero-order valence-electron chi connectivity index (χ0n) is 17.6. The fraction of sp³-hybridized carbons (Fsp3) is 0.409. The maximum absolute atomic E-state index is 13.3. The fourth-order valence-electron chi connectivity index (χ4n) is 3.27. The van der Waals surface area contributed by atoms with Gasteiger partial charge in [-0.1, -0.05) is 41.4 Å². The van der Waals surface area contributed by atoms with Crippen molar-refractivity contribution in [1.82, 2.24) is 14.5 Å². The molecule has 0 aliphatic carbocycles. The standard InChI is InChI=1S/C22H28ClN3O4S/c1-18-2-4-19(5-3-18)16-26(31(28,29)21-8-6-20(23)7-9-21)17-22(27)24-10-11-25-12-14-30-15-13-25/h2-9H,10-17H2,1H3,(H,24,27). The number of ether oxygens (including phenoxy) is 1. The normalized spacial score (nSPS) is 15.2. The van der Waals surface area contributed by atoms with E-state index in [9.17, 15) is 13.2 Å². The largest absolute Gasteiger partial charge is 0.379 e. The highest BCUT2D eigenvalue weighted by Crippen LogP contribution is 2.20. The zero-order valence-corrected chi connectivity index (χ0v) is 19.2. The van der Waals surface area contributed by atoms with Crippen molar-refractivity contribution in [3.05, 3.63) is 64.7 Å². The number of sulfonamides is 1. The average molecular weight is 466 g/mol. The molecule has 2 aromatic carbocycles. The minimum Gasteiger partial charge on any atom is -0.379 e. The number of nitrogens with one attached hydrogen (secondary N) is 1. The van der Waals surface area contributed by atoms with Gasteiger partial charge in [0.1, 0.15) is 0 Å². The number of carbonyl (C=O) groups is 1. The number of carbonyl (C=O) groups excluding carboxylic acids is 1. The van der Waals surface area contributed by atoms with Crippen LogP contribution in [0.2, 0.25) is 5.02 Å². The van der Waals surface area contributed by atoms with Crippen LogP contribution in [-0.4, -0.2) is 69.5 Å². The molecule has 1 amide bonds. The van der Waals surface area contributed by atoms with Crippen LogP contribution in [0.3, 0.4) is 0 Å². The van der Waals surface area contributed by atoms with Crippen LogP contribution >= 0.6 is 11.6 Å². The maximum Gasteiger partial charge on any atom is 0.243 e. The van der Waals surface area contributed by atoms with Crippen molar-refractivity contribution in [2.75, 3.05) is 45.9 Å². The van der Waals surface area contributed by atoms with Gasteiger partial charge in [0.25, 0.3) is 0 Å². The van der Waals surface area contributed by atoms with Gasteiger partial charge in [-0.15, -0.1) is 0 Å². The minimum atomic E-state index is -3.88. The second kappa shape index (κ2) is 11.1. The summed E-state index contributed by atoms with van der Waals surface area (Å²) >= 11 is 5.91. The van der Waals surface area contributed by atoms with Gasteiger partial charge in [-0.2, -0.15) is 4.31 Å². The van der Waals surface area contributed by atoms with Crippen molar-refractivity contribution in [2.45, 2.75) is 18.4 Å². The summed E-state index contributed by atoms with van der Waals surface area (Å²) in [6, 6.07) is 13.6. The van der Waals surface area contributed by atoms with Gasteiger partial charge in [0.15, 0.2) is 0 Å². The summed E-state index contributed by atoms with van der Waals surface area (Å²) in [7, 11) is -3.88. The lowest BCUT2D eigenvalue weighted by atomic mass is 10.1. The van der Waals surface area contributed by atoms with E-state index in [0.717, 1.165) is 24.2 Å². The second-order valence-corrected chi connectivity index (χ2v) is 9.89. The Bertz CT molecular complexity index is 959. The molecular formula is C22H28ClN3O4S. The van der Waals surface area contributed by atoms with E-state index in [1.807, 2.05) is 31.2 Å². The summed E-state index contributed by atoms with van der Waals surface area (Å²) in [6.07, 6.45) is 0. The Labute approximate surface area is 189 Å². The molecule has 0 aromatic heterocycles. The molecule has 0 atom stereocenters. The summed E-state index contributed by atoms with van der Waals surface area (Å²) in [5.41, 5.74) is 1.89. The van der Waals surface area contributed by atoms with E-state index in [1.54, 1.807) is 0 Å². The number of nitrogens with zero attached hydrogens (tertiary/aromatic N) is 2. The quantitative estimate of drug-likeness (QED) is 0.614. The monoisotopic (exact) mass is 465 g/mol. The topological polar surface area (TPSA) is 79.0 Å². The first-order valence-corrected chi connectivity index (χ1v) is 12.0. The van der Waals surface area contributed by atoms with Gasteiger partial charge in [0.05, 0.1) is 24.7 Å². The van der Waals surface area contributed by atoms with Gasteiger partial charge in [0, 0.05) is 37.7 Å². The Morgan fingerprint density at radius 2 is 1.74 bits per heavy atom. The Morgan fingerprint density at radius 1 is 1.10 bits per heavy atom. The number of hydrogen-bond donors (Lipinski definition) is 1. The molecule has 3 rings (SSSR count). The van der Waals surface area contributed by atoms with E-state index >= 15 is 0 Å². The number of benzene rings is 2. The number of halogens is 1. The Kier molecular flexibility index (Phi) is 8.45. The third kappa shape index (κ3) is 7.02. The second-order valence-electron chi connectivity index (χ2n) is 7.52. The van der Waals surface area contributed by atoms with Crippen LogP contribution < -0.4 is 5.32 Å². The molecule has 1 aliphatic heterocycles. The van der Waals surface area contributed by atoms with E-state index in [-0.39, 0.29) is 23.9 Å². The van der Waals surface area contributed by atoms with Gasteiger partial charge in [-0.05, 0) is 36.8 Å².